The van der Waals surface area contributed by atoms with Crippen LogP contribution in [-0.4, -0.2) is 11.9 Å². The molecule has 0 heterocycles. The van der Waals surface area contributed by atoms with Crippen LogP contribution < -0.4 is 9.47 Å². The SMILES string of the molecule is CCCCC(=O)Oc1ccc(Br)cc1OC(=O)CCCC. The van der Waals surface area contributed by atoms with Crippen LogP contribution in [0.2, 0.25) is 0 Å². The van der Waals surface area contributed by atoms with E-state index in [1.165, 1.54) is 0 Å². The Bertz CT molecular complexity index is 485. The number of halogens is 1. The first-order valence-electron chi connectivity index (χ1n) is 7.27. The standard InChI is InChI=1S/C16H21BrO4/c1-3-5-7-15(18)20-13-10-9-12(17)11-14(13)21-16(19)8-6-4-2/h9-11H,3-8H2,1-2H3. The van der Waals surface area contributed by atoms with Gasteiger partial charge in [0.05, 0.1) is 0 Å². The fourth-order valence-electron chi connectivity index (χ4n) is 1.64. The molecule has 0 aliphatic carbocycles. The van der Waals surface area contributed by atoms with Gasteiger partial charge < -0.3 is 9.47 Å². The molecule has 0 N–H and O–H groups in total. The summed E-state index contributed by atoms with van der Waals surface area (Å²) >= 11 is 3.32. The third kappa shape index (κ3) is 6.76. The molecule has 21 heavy (non-hydrogen) atoms. The second-order valence-corrected chi connectivity index (χ2v) is 5.66. The van der Waals surface area contributed by atoms with Crippen LogP contribution in [0, 0.1) is 0 Å². The Morgan fingerprint density at radius 3 is 2.00 bits per heavy atom. The van der Waals surface area contributed by atoms with Crippen molar-refractivity contribution in [2.45, 2.75) is 52.4 Å². The van der Waals surface area contributed by atoms with E-state index in [0.29, 0.717) is 12.8 Å². The molecule has 1 rings (SSSR count). The van der Waals surface area contributed by atoms with Crippen LogP contribution in [0.1, 0.15) is 52.4 Å². The van der Waals surface area contributed by atoms with E-state index in [2.05, 4.69) is 15.9 Å². The summed E-state index contributed by atoms with van der Waals surface area (Å²) in [5, 5.41) is 0. The Hall–Kier alpha value is -1.36. The third-order valence-corrected chi connectivity index (χ3v) is 3.32. The number of hydrogen-bond acceptors (Lipinski definition) is 4. The minimum absolute atomic E-state index is 0.273. The summed E-state index contributed by atoms with van der Waals surface area (Å²) in [5.74, 6) is -0.0784. The van der Waals surface area contributed by atoms with Crippen LogP contribution in [0.25, 0.3) is 0 Å². The Kier molecular flexibility index (Phi) is 8.05. The smallest absolute Gasteiger partial charge is 0.311 e. The third-order valence-electron chi connectivity index (χ3n) is 2.82. The highest BCUT2D eigenvalue weighted by Crippen LogP contribution is 2.31. The minimum Gasteiger partial charge on any atom is -0.423 e. The van der Waals surface area contributed by atoms with Crippen LogP contribution >= 0.6 is 15.9 Å². The van der Waals surface area contributed by atoms with Gasteiger partial charge >= 0.3 is 11.9 Å². The van der Waals surface area contributed by atoms with Crippen LogP contribution in [0.4, 0.5) is 0 Å². The predicted octanol–water partition coefficient (Wildman–Crippen LogP) is 4.64. The van der Waals surface area contributed by atoms with Gasteiger partial charge in [0.15, 0.2) is 11.5 Å². The molecule has 0 saturated heterocycles. The molecule has 0 radical (unpaired) electrons. The fraction of sp³-hybridized carbons (Fsp3) is 0.500. The van der Waals surface area contributed by atoms with E-state index in [-0.39, 0.29) is 23.4 Å². The van der Waals surface area contributed by atoms with Crippen LogP contribution in [0.5, 0.6) is 11.5 Å². The molecular weight excluding hydrogens is 336 g/mol. The van der Waals surface area contributed by atoms with E-state index in [1.54, 1.807) is 18.2 Å². The monoisotopic (exact) mass is 356 g/mol. The number of carbonyl (C=O) groups is 2. The number of unbranched alkanes of at least 4 members (excludes halogenated alkanes) is 2. The molecular formula is C16H21BrO4. The zero-order valence-corrected chi connectivity index (χ0v) is 14.1. The molecule has 0 aliphatic rings. The maximum atomic E-state index is 11.7. The van der Waals surface area contributed by atoms with Crippen molar-refractivity contribution in [3.63, 3.8) is 0 Å². The van der Waals surface area contributed by atoms with Gasteiger partial charge in [-0.25, -0.2) is 0 Å². The van der Waals surface area contributed by atoms with Crippen molar-refractivity contribution in [2.24, 2.45) is 0 Å². The highest BCUT2D eigenvalue weighted by molar-refractivity contribution is 9.10. The largest absolute Gasteiger partial charge is 0.423 e. The zero-order valence-electron chi connectivity index (χ0n) is 12.5. The summed E-state index contributed by atoms with van der Waals surface area (Å²) in [7, 11) is 0. The predicted molar refractivity (Wildman–Crippen MR) is 84.5 cm³/mol. The van der Waals surface area contributed by atoms with Gasteiger partial charge in [-0.05, 0) is 31.0 Å². The second kappa shape index (κ2) is 9.55. The second-order valence-electron chi connectivity index (χ2n) is 4.75. The highest BCUT2D eigenvalue weighted by atomic mass is 79.9. The lowest BCUT2D eigenvalue weighted by Crippen LogP contribution is -2.11. The molecule has 0 saturated carbocycles. The van der Waals surface area contributed by atoms with Gasteiger partial charge in [-0.2, -0.15) is 0 Å². The molecule has 1 aromatic carbocycles. The van der Waals surface area contributed by atoms with Gasteiger partial charge in [-0.15, -0.1) is 0 Å². The van der Waals surface area contributed by atoms with Crippen molar-refractivity contribution >= 4 is 27.9 Å². The number of carbonyl (C=O) groups excluding carboxylic acids is 2. The first-order valence-corrected chi connectivity index (χ1v) is 8.07. The van der Waals surface area contributed by atoms with Gasteiger partial charge in [-0.1, -0.05) is 42.6 Å². The zero-order chi connectivity index (χ0) is 15.7. The molecule has 0 aromatic heterocycles. The molecule has 0 spiro atoms. The lowest BCUT2D eigenvalue weighted by atomic mass is 10.2. The van der Waals surface area contributed by atoms with Gasteiger partial charge in [-0.3, -0.25) is 9.59 Å². The maximum absolute atomic E-state index is 11.7. The minimum atomic E-state index is -0.319. The van der Waals surface area contributed by atoms with Gasteiger partial charge in [0.2, 0.25) is 0 Å². The van der Waals surface area contributed by atoms with Crippen molar-refractivity contribution in [2.75, 3.05) is 0 Å². The summed E-state index contributed by atoms with van der Waals surface area (Å²) in [5.41, 5.74) is 0. The average Bonchev–Trinajstić information content (AvgIpc) is 2.45. The number of ether oxygens (including phenoxy) is 2. The Morgan fingerprint density at radius 2 is 1.48 bits per heavy atom. The Labute approximate surface area is 133 Å². The Balaban J connectivity index is 2.74. The van der Waals surface area contributed by atoms with Crippen molar-refractivity contribution in [1.82, 2.24) is 0 Å². The van der Waals surface area contributed by atoms with E-state index < -0.39 is 0 Å². The summed E-state index contributed by atoms with van der Waals surface area (Å²) in [4.78, 5) is 23.4. The average molecular weight is 357 g/mol. The topological polar surface area (TPSA) is 52.6 Å². The van der Waals surface area contributed by atoms with Crippen molar-refractivity contribution in [1.29, 1.82) is 0 Å². The molecule has 4 nitrogen and oxygen atoms in total. The quantitative estimate of drug-likeness (QED) is 0.502. The number of benzene rings is 1. The summed E-state index contributed by atoms with van der Waals surface area (Å²) < 4.78 is 11.3. The molecule has 5 heteroatoms. The summed E-state index contributed by atoms with van der Waals surface area (Å²) in [6, 6.07) is 4.99. The molecule has 0 unspecified atom stereocenters. The summed E-state index contributed by atoms with van der Waals surface area (Å²) in [6.07, 6.45) is 4.11. The van der Waals surface area contributed by atoms with Crippen molar-refractivity contribution < 1.29 is 19.1 Å². The Morgan fingerprint density at radius 1 is 0.952 bits per heavy atom. The van der Waals surface area contributed by atoms with E-state index >= 15 is 0 Å². The van der Waals surface area contributed by atoms with Crippen LogP contribution in [0.15, 0.2) is 22.7 Å². The lowest BCUT2D eigenvalue weighted by Gasteiger charge is -2.11. The molecule has 0 atom stereocenters. The molecule has 1 aromatic rings. The lowest BCUT2D eigenvalue weighted by molar-refractivity contribution is -0.137. The van der Waals surface area contributed by atoms with Gasteiger partial charge in [0.1, 0.15) is 0 Å². The number of hydrogen-bond donors (Lipinski definition) is 0. The molecule has 0 amide bonds. The highest BCUT2D eigenvalue weighted by Gasteiger charge is 2.14. The maximum Gasteiger partial charge on any atom is 0.311 e. The van der Waals surface area contributed by atoms with Crippen LogP contribution in [-0.2, 0) is 9.59 Å². The molecule has 0 bridgehead atoms. The van der Waals surface area contributed by atoms with E-state index in [4.69, 9.17) is 9.47 Å². The van der Waals surface area contributed by atoms with E-state index in [1.807, 2.05) is 13.8 Å². The van der Waals surface area contributed by atoms with E-state index in [9.17, 15) is 9.59 Å². The fourth-order valence-corrected chi connectivity index (χ4v) is 1.98. The summed E-state index contributed by atoms with van der Waals surface area (Å²) in [6.45, 7) is 4.02. The number of esters is 2. The first kappa shape index (κ1) is 17.7. The number of rotatable bonds is 8. The normalized spacial score (nSPS) is 10.2. The van der Waals surface area contributed by atoms with E-state index in [0.717, 1.165) is 30.2 Å². The molecule has 0 fully saturated rings. The van der Waals surface area contributed by atoms with Gasteiger partial charge in [0.25, 0.3) is 0 Å². The molecule has 0 aliphatic heterocycles. The first-order chi connectivity index (χ1) is 10.1. The molecule has 116 valence electrons. The van der Waals surface area contributed by atoms with Crippen molar-refractivity contribution in [3.05, 3.63) is 22.7 Å². The van der Waals surface area contributed by atoms with Crippen LogP contribution in [0.3, 0.4) is 0 Å². The van der Waals surface area contributed by atoms with Gasteiger partial charge in [0, 0.05) is 17.3 Å². The van der Waals surface area contributed by atoms with Crippen molar-refractivity contribution in [3.8, 4) is 11.5 Å².